The highest BCUT2D eigenvalue weighted by Gasteiger charge is 2.32. The van der Waals surface area contributed by atoms with Gasteiger partial charge in [-0.1, -0.05) is 56.3 Å². The number of fused-ring (bicyclic) bond motifs is 3. The van der Waals surface area contributed by atoms with Gasteiger partial charge in [-0.25, -0.2) is 9.59 Å². The van der Waals surface area contributed by atoms with E-state index >= 15 is 0 Å². The lowest BCUT2D eigenvalue weighted by Crippen LogP contribution is -2.57. The number of nitrogens with two attached hydrogens (primary N) is 1. The number of amides is 3. The molecule has 4 atom stereocenters. The van der Waals surface area contributed by atoms with Gasteiger partial charge in [0.05, 0.1) is 0 Å². The molecule has 6 N–H and O–H groups in total. The molecule has 2 aromatic carbocycles. The molecule has 0 aromatic heterocycles. The Hall–Kier alpha value is -4.10. The third-order valence-corrected chi connectivity index (χ3v) is 8.75. The number of aliphatic carboxylic acids is 1. The number of thioether (sulfide) groups is 1. The largest absolute Gasteiger partial charge is 0.480 e. The first-order chi connectivity index (χ1) is 23.1. The molecule has 0 fully saturated rings. The molecule has 0 heterocycles. The number of carboxylic acids is 1. The number of nitrogens with one attached hydrogen (secondary N) is 3. The van der Waals surface area contributed by atoms with E-state index in [0.717, 1.165) is 28.7 Å². The predicted octanol–water partition coefficient (Wildman–Crippen LogP) is 4.16. The molecule has 49 heavy (non-hydrogen) atoms. The van der Waals surface area contributed by atoms with Gasteiger partial charge in [0, 0.05) is 0 Å². The summed E-state index contributed by atoms with van der Waals surface area (Å²) in [6, 6.07) is 9.66. The fraction of sp³-hybridized carbons (Fsp3) is 0.528. The van der Waals surface area contributed by atoms with Crippen LogP contribution in [0.5, 0.6) is 0 Å². The second kappa shape index (κ2) is 18.1. The minimum absolute atomic E-state index is 0.00495. The van der Waals surface area contributed by atoms with Gasteiger partial charge < -0.3 is 36.3 Å². The molecule has 0 spiro atoms. The molecule has 12 nitrogen and oxygen atoms in total. The second-order valence-corrected chi connectivity index (χ2v) is 14.5. The number of benzene rings is 2. The summed E-state index contributed by atoms with van der Waals surface area (Å²) in [5, 5.41) is 17.5. The lowest BCUT2D eigenvalue weighted by Gasteiger charge is -2.26. The molecule has 3 amide bonds. The standard InChI is InChI=1S/C36H50N4O8S/c1-21(2)30(40-35(46)47-20-23-12-9-14-25-24-13-8-7-11-22(24)19-26(23)25)32(42)38-28(31(41)39-29(33(43)44)17-18-49-6)16-10-15-27(37)34(45)48-36(3,4)5/h7-9,11-14,21,27-30H,10,15-20,37H2,1-6H3,(H,38,42)(H,39,41)(H,40,46)(H,43,44)/t27?,28-,29-,30-/m0/s1. The van der Waals surface area contributed by atoms with Crippen LogP contribution in [0.1, 0.15) is 77.0 Å². The number of alkyl carbamates (subject to hydrolysis) is 1. The van der Waals surface area contributed by atoms with Gasteiger partial charge in [-0.15, -0.1) is 0 Å². The second-order valence-electron chi connectivity index (χ2n) is 13.5. The molecule has 268 valence electrons. The Morgan fingerprint density at radius 2 is 1.57 bits per heavy atom. The lowest BCUT2D eigenvalue weighted by molar-refractivity contribution is -0.156. The number of esters is 1. The minimum atomic E-state index is -1.20. The highest BCUT2D eigenvalue weighted by Crippen LogP contribution is 2.38. The molecule has 0 saturated heterocycles. The molecular weight excluding hydrogens is 648 g/mol. The summed E-state index contributed by atoms with van der Waals surface area (Å²) >= 11 is 1.44. The van der Waals surface area contributed by atoms with E-state index in [9.17, 15) is 29.1 Å². The van der Waals surface area contributed by atoms with Gasteiger partial charge in [-0.05, 0) is 98.6 Å². The highest BCUT2D eigenvalue weighted by molar-refractivity contribution is 7.98. The van der Waals surface area contributed by atoms with Crippen LogP contribution in [0.25, 0.3) is 11.1 Å². The number of carbonyl (C=O) groups is 5. The van der Waals surface area contributed by atoms with E-state index in [1.165, 1.54) is 17.3 Å². The molecule has 1 aliphatic carbocycles. The van der Waals surface area contributed by atoms with Gasteiger partial charge in [0.25, 0.3) is 0 Å². The van der Waals surface area contributed by atoms with Crippen molar-refractivity contribution in [1.29, 1.82) is 0 Å². The van der Waals surface area contributed by atoms with Crippen molar-refractivity contribution in [3.8, 4) is 11.1 Å². The maximum Gasteiger partial charge on any atom is 0.408 e. The molecule has 1 unspecified atom stereocenters. The summed E-state index contributed by atoms with van der Waals surface area (Å²) < 4.78 is 10.9. The van der Waals surface area contributed by atoms with E-state index in [-0.39, 0.29) is 38.2 Å². The fourth-order valence-electron chi connectivity index (χ4n) is 5.54. The Labute approximate surface area is 292 Å². The molecule has 3 rings (SSSR count). The highest BCUT2D eigenvalue weighted by atomic mass is 32.2. The van der Waals surface area contributed by atoms with Gasteiger partial charge >= 0.3 is 18.0 Å². The van der Waals surface area contributed by atoms with Crippen LogP contribution >= 0.6 is 11.8 Å². The van der Waals surface area contributed by atoms with Crippen molar-refractivity contribution in [3.05, 3.63) is 59.2 Å². The molecule has 0 bridgehead atoms. The molecule has 0 radical (unpaired) electrons. The summed E-state index contributed by atoms with van der Waals surface area (Å²) in [6.07, 6.45) is 2.41. The zero-order chi connectivity index (χ0) is 36.3. The van der Waals surface area contributed by atoms with E-state index in [1.807, 2.05) is 36.6 Å². The monoisotopic (exact) mass is 698 g/mol. The number of rotatable bonds is 17. The Bertz CT molecular complexity index is 1490. The van der Waals surface area contributed by atoms with Crippen molar-refractivity contribution in [2.45, 2.75) is 103 Å². The van der Waals surface area contributed by atoms with Crippen LogP contribution in [0.4, 0.5) is 4.79 Å². The van der Waals surface area contributed by atoms with Crippen LogP contribution in [0.2, 0.25) is 0 Å². The van der Waals surface area contributed by atoms with E-state index in [4.69, 9.17) is 15.2 Å². The zero-order valence-corrected chi connectivity index (χ0v) is 30.0. The summed E-state index contributed by atoms with van der Waals surface area (Å²) in [7, 11) is 0. The molecule has 13 heteroatoms. The Morgan fingerprint density at radius 1 is 0.898 bits per heavy atom. The quantitative estimate of drug-likeness (QED) is 0.128. The predicted molar refractivity (Wildman–Crippen MR) is 189 cm³/mol. The normalized spacial score (nSPS) is 14.4. The fourth-order valence-corrected chi connectivity index (χ4v) is 6.01. The number of hydrogen-bond acceptors (Lipinski definition) is 9. The Balaban J connectivity index is 1.67. The summed E-state index contributed by atoms with van der Waals surface area (Å²) in [6.45, 7) is 8.67. The van der Waals surface area contributed by atoms with Gasteiger partial charge in [-0.2, -0.15) is 11.8 Å². The SMILES string of the molecule is CSCC[C@H](NC(=O)[C@H](CCCC(N)C(=O)OC(C)(C)C)NC(=O)[C@@H](NC(=O)OCc1cccc2c1Cc1ccccc1-2)C(C)C)C(=O)O. The summed E-state index contributed by atoms with van der Waals surface area (Å²) in [5.41, 5.74) is 10.7. The van der Waals surface area contributed by atoms with Crippen LogP contribution in [-0.4, -0.2) is 76.7 Å². The van der Waals surface area contributed by atoms with E-state index < -0.39 is 59.6 Å². The maximum absolute atomic E-state index is 13.6. The average molecular weight is 699 g/mol. The first-order valence-electron chi connectivity index (χ1n) is 16.5. The third kappa shape index (κ3) is 11.8. The number of carbonyl (C=O) groups excluding carboxylic acids is 4. The molecule has 0 saturated carbocycles. The van der Waals surface area contributed by atoms with E-state index in [1.54, 1.807) is 34.6 Å². The molecular formula is C36H50N4O8S. The summed E-state index contributed by atoms with van der Waals surface area (Å²) in [4.78, 5) is 64.1. The molecule has 0 aliphatic heterocycles. The number of hydrogen-bond donors (Lipinski definition) is 5. The van der Waals surface area contributed by atoms with Crippen LogP contribution in [-0.2, 0) is 41.7 Å². The summed E-state index contributed by atoms with van der Waals surface area (Å²) in [5.74, 6) is -3.02. The van der Waals surface area contributed by atoms with Crippen molar-refractivity contribution in [2.24, 2.45) is 11.7 Å². The van der Waals surface area contributed by atoms with Crippen LogP contribution in [0.15, 0.2) is 42.5 Å². The van der Waals surface area contributed by atoms with Gasteiger partial charge in [0.2, 0.25) is 11.8 Å². The van der Waals surface area contributed by atoms with Gasteiger partial charge in [0.1, 0.15) is 36.4 Å². The van der Waals surface area contributed by atoms with Crippen LogP contribution in [0.3, 0.4) is 0 Å². The van der Waals surface area contributed by atoms with Gasteiger partial charge in [0.15, 0.2) is 0 Å². The number of carboxylic acid groups (broad SMARTS) is 1. The van der Waals surface area contributed by atoms with Crippen molar-refractivity contribution >= 4 is 41.6 Å². The smallest absolute Gasteiger partial charge is 0.408 e. The Kier molecular flexibility index (Phi) is 14.5. The first-order valence-corrected chi connectivity index (χ1v) is 17.9. The van der Waals surface area contributed by atoms with Crippen molar-refractivity contribution in [1.82, 2.24) is 16.0 Å². The zero-order valence-electron chi connectivity index (χ0n) is 29.2. The van der Waals surface area contributed by atoms with Crippen LogP contribution < -0.4 is 21.7 Å². The average Bonchev–Trinajstić information content (AvgIpc) is 3.42. The minimum Gasteiger partial charge on any atom is -0.480 e. The van der Waals surface area contributed by atoms with Crippen LogP contribution in [0, 0.1) is 5.92 Å². The lowest BCUT2D eigenvalue weighted by atomic mass is 10.0. The number of ether oxygens (including phenoxy) is 2. The van der Waals surface area contributed by atoms with Crippen molar-refractivity contribution in [2.75, 3.05) is 12.0 Å². The van der Waals surface area contributed by atoms with Gasteiger partial charge in [-0.3, -0.25) is 14.4 Å². The maximum atomic E-state index is 13.6. The van der Waals surface area contributed by atoms with Crippen molar-refractivity contribution < 1.29 is 38.6 Å². The van der Waals surface area contributed by atoms with E-state index in [2.05, 4.69) is 28.1 Å². The molecule has 2 aromatic rings. The van der Waals surface area contributed by atoms with Crippen molar-refractivity contribution in [3.63, 3.8) is 0 Å². The first kappa shape index (κ1) is 39.3. The third-order valence-electron chi connectivity index (χ3n) is 8.10. The topological polar surface area (TPSA) is 186 Å². The van der Waals surface area contributed by atoms with E-state index in [0.29, 0.717) is 5.75 Å². The molecule has 1 aliphatic rings. The Morgan fingerprint density at radius 3 is 2.22 bits per heavy atom.